The SMILES string of the molecule is CC.CC.CN.CN.Cc1c(C(=O)C=O)c2c(OC(C(=O)O)C(C)C)cccc2n1C/C=C/Oc1ccccc1OCCC(C)(C)CN1c2cccc(OC(C(=O)O)C(C)C)c2C(C(=O)C=O)C1C. The quantitative estimate of drug-likeness (QED) is 0.0249. The van der Waals surface area contributed by atoms with Crippen molar-refractivity contribution >= 4 is 52.7 Å². The van der Waals surface area contributed by atoms with Gasteiger partial charge >= 0.3 is 11.9 Å². The summed E-state index contributed by atoms with van der Waals surface area (Å²) < 4.78 is 26.0. The number of Topliss-reactive ketones (excluding diaryl/α,β-unsaturated/α-hetero) is 2. The molecule has 1 aliphatic heterocycles. The van der Waals surface area contributed by atoms with E-state index in [1.54, 1.807) is 83.2 Å². The third-order valence-electron chi connectivity index (χ3n) is 11.0. The first-order valence-electron chi connectivity index (χ1n) is 23.4. The van der Waals surface area contributed by atoms with Crippen molar-refractivity contribution in [1.82, 2.24) is 4.57 Å². The van der Waals surface area contributed by atoms with Gasteiger partial charge in [-0.05, 0) is 82.3 Å². The van der Waals surface area contributed by atoms with Gasteiger partial charge in [0.2, 0.25) is 11.6 Å². The van der Waals surface area contributed by atoms with Crippen molar-refractivity contribution < 1.29 is 57.9 Å². The number of aromatic nitrogens is 1. The Morgan fingerprint density at radius 1 is 0.754 bits per heavy atom. The average molecular weight is 961 g/mol. The standard InChI is InChI=1S/C47H54N2O12.2C2H6.2CH5N/c1-27(2)43(45(54)55)60-37-18-11-14-31-41(37)39(33(52)24-50)29(5)48(31)21-13-22-58-35-16-9-10-17-36(35)59-23-20-47(7,8)26-49-30(6)40(34(53)25-51)42-32(49)15-12-19-38(42)61-44(28(3)4)46(56)57;4*1-2/h9-19,22,24-25,27-28,30,40,43-44H,20-21,23,26H2,1-8H3,(H,54,55)(H,56,57);2*1-2H3;2*2H2,1H3/b22-13+;;;;. The number of aliphatic carboxylic acids is 2. The molecule has 0 radical (unpaired) electrons. The first-order valence-corrected chi connectivity index (χ1v) is 23.4. The van der Waals surface area contributed by atoms with Crippen LogP contribution in [0.25, 0.3) is 10.9 Å². The minimum atomic E-state index is -1.17. The van der Waals surface area contributed by atoms with Crippen molar-refractivity contribution in [3.63, 3.8) is 0 Å². The van der Waals surface area contributed by atoms with Crippen LogP contribution in [0.5, 0.6) is 23.0 Å². The van der Waals surface area contributed by atoms with E-state index in [-0.39, 0.29) is 47.1 Å². The van der Waals surface area contributed by atoms with Crippen molar-refractivity contribution in [3.05, 3.63) is 89.8 Å². The molecule has 380 valence electrons. The molecule has 0 saturated carbocycles. The van der Waals surface area contributed by atoms with E-state index in [1.807, 2.05) is 57.4 Å². The summed E-state index contributed by atoms with van der Waals surface area (Å²) in [6.45, 7) is 23.7. The van der Waals surface area contributed by atoms with Crippen LogP contribution in [0.4, 0.5) is 5.69 Å². The molecule has 0 amide bonds. The number of carboxylic acid groups (broad SMARTS) is 2. The van der Waals surface area contributed by atoms with E-state index in [2.05, 4.69) is 30.2 Å². The maximum atomic E-state index is 13.1. The van der Waals surface area contributed by atoms with E-state index in [4.69, 9.17) is 18.9 Å². The molecule has 0 aliphatic carbocycles. The minimum absolute atomic E-state index is 0.136. The molecular formula is C53H76N4O12. The molecule has 4 atom stereocenters. The highest BCUT2D eigenvalue weighted by molar-refractivity contribution is 6.37. The van der Waals surface area contributed by atoms with E-state index in [0.717, 1.165) is 0 Å². The number of hydrogen-bond acceptors (Lipinski definition) is 13. The third-order valence-corrected chi connectivity index (χ3v) is 11.0. The molecule has 4 aromatic rings. The third kappa shape index (κ3) is 15.2. The van der Waals surface area contributed by atoms with E-state index >= 15 is 0 Å². The number of para-hydroxylation sites is 2. The van der Waals surface area contributed by atoms with E-state index in [1.165, 1.54) is 20.4 Å². The summed E-state index contributed by atoms with van der Waals surface area (Å²) >= 11 is 0. The van der Waals surface area contributed by atoms with Gasteiger partial charge in [0.25, 0.3) is 0 Å². The summed E-state index contributed by atoms with van der Waals surface area (Å²) in [5.41, 5.74) is 11.1. The largest absolute Gasteiger partial charge is 0.490 e. The maximum absolute atomic E-state index is 13.1. The average Bonchev–Trinajstić information content (AvgIpc) is 3.79. The lowest BCUT2D eigenvalue weighted by Crippen LogP contribution is -2.41. The molecule has 1 aliphatic rings. The Hall–Kier alpha value is -6.52. The van der Waals surface area contributed by atoms with Crippen LogP contribution in [-0.4, -0.2) is 96.4 Å². The highest BCUT2D eigenvalue weighted by Gasteiger charge is 2.44. The van der Waals surface area contributed by atoms with Gasteiger partial charge in [-0.3, -0.25) is 19.2 Å². The summed E-state index contributed by atoms with van der Waals surface area (Å²) in [4.78, 5) is 75.5. The molecule has 0 saturated heterocycles. The summed E-state index contributed by atoms with van der Waals surface area (Å²) in [6.07, 6.45) is 2.06. The van der Waals surface area contributed by atoms with Gasteiger partial charge in [0.1, 0.15) is 11.5 Å². The Kier molecular flexibility index (Phi) is 25.8. The van der Waals surface area contributed by atoms with Gasteiger partial charge in [-0.1, -0.05) is 93.5 Å². The Morgan fingerprint density at radius 3 is 1.81 bits per heavy atom. The highest BCUT2D eigenvalue weighted by Crippen LogP contribution is 2.48. The number of ketones is 2. The zero-order chi connectivity index (χ0) is 52.8. The number of nitrogens with zero attached hydrogens (tertiary/aromatic N) is 2. The second-order valence-electron chi connectivity index (χ2n) is 16.7. The van der Waals surface area contributed by atoms with Crippen molar-refractivity contribution in [2.24, 2.45) is 28.7 Å². The van der Waals surface area contributed by atoms with Crippen LogP contribution in [0.3, 0.4) is 0 Å². The van der Waals surface area contributed by atoms with Crippen molar-refractivity contribution in [3.8, 4) is 23.0 Å². The van der Waals surface area contributed by atoms with E-state index in [0.29, 0.717) is 65.2 Å². The number of aldehydes is 2. The number of anilines is 1. The number of benzene rings is 3. The number of ether oxygens (including phenoxy) is 4. The molecule has 1 aromatic heterocycles. The number of carbonyl (C=O) groups excluding carboxylic acids is 4. The lowest BCUT2D eigenvalue weighted by atomic mass is 9.88. The highest BCUT2D eigenvalue weighted by atomic mass is 16.5. The fraction of sp³-hybridized carbons (Fsp3) is 0.472. The van der Waals surface area contributed by atoms with Crippen molar-refractivity contribution in [2.45, 2.75) is 120 Å². The number of fused-ring (bicyclic) bond motifs is 2. The molecule has 3 aromatic carbocycles. The maximum Gasteiger partial charge on any atom is 0.345 e. The van der Waals surface area contributed by atoms with Gasteiger partial charge in [-0.2, -0.15) is 0 Å². The molecular weight excluding hydrogens is 885 g/mol. The van der Waals surface area contributed by atoms with Crippen LogP contribution in [0, 0.1) is 24.2 Å². The van der Waals surface area contributed by atoms with Gasteiger partial charge in [0.15, 0.2) is 36.3 Å². The molecule has 0 spiro atoms. The Bertz CT molecular complexity index is 2330. The zero-order valence-corrected chi connectivity index (χ0v) is 42.9. The fourth-order valence-corrected chi connectivity index (χ4v) is 7.84. The molecule has 0 fully saturated rings. The second-order valence-corrected chi connectivity index (χ2v) is 16.7. The number of rotatable bonds is 22. The Labute approximate surface area is 407 Å². The van der Waals surface area contributed by atoms with E-state index in [9.17, 15) is 39.0 Å². The topological polar surface area (TPSA) is 240 Å². The zero-order valence-electron chi connectivity index (χ0n) is 42.9. The van der Waals surface area contributed by atoms with E-state index < -0.39 is 47.7 Å². The molecule has 16 heteroatoms. The number of carbonyl (C=O) groups is 6. The second kappa shape index (κ2) is 29.4. The monoisotopic (exact) mass is 961 g/mol. The van der Waals surface area contributed by atoms with Gasteiger partial charge < -0.3 is 50.1 Å². The van der Waals surface area contributed by atoms with Crippen LogP contribution >= 0.6 is 0 Å². The summed E-state index contributed by atoms with van der Waals surface area (Å²) in [6, 6.07) is 17.1. The lowest BCUT2D eigenvalue weighted by molar-refractivity contribution is -0.148. The molecule has 4 unspecified atom stereocenters. The molecule has 5 rings (SSSR count). The Balaban J connectivity index is 0.00000282. The minimum Gasteiger partial charge on any atom is -0.490 e. The molecule has 16 nitrogen and oxygen atoms in total. The predicted molar refractivity (Wildman–Crippen MR) is 271 cm³/mol. The first kappa shape index (κ1) is 60.5. The fourth-order valence-electron chi connectivity index (χ4n) is 7.84. The molecule has 2 heterocycles. The van der Waals surface area contributed by atoms with Crippen LogP contribution in [0.15, 0.2) is 73.0 Å². The molecule has 69 heavy (non-hydrogen) atoms. The normalized spacial score (nSPS) is 14.6. The van der Waals surface area contributed by atoms with Gasteiger partial charge in [0.05, 0.1) is 35.3 Å². The van der Waals surface area contributed by atoms with Crippen LogP contribution in [0.2, 0.25) is 0 Å². The van der Waals surface area contributed by atoms with Crippen LogP contribution < -0.4 is 35.3 Å². The summed E-state index contributed by atoms with van der Waals surface area (Å²) in [7, 11) is 3.00. The predicted octanol–water partition coefficient (Wildman–Crippen LogP) is 8.66. The van der Waals surface area contributed by atoms with Gasteiger partial charge in [-0.15, -0.1) is 0 Å². The first-order chi connectivity index (χ1) is 32.9. The van der Waals surface area contributed by atoms with Gasteiger partial charge in [0, 0.05) is 47.9 Å². The van der Waals surface area contributed by atoms with Crippen molar-refractivity contribution in [2.75, 3.05) is 32.1 Å². The number of carboxylic acids is 2. The van der Waals surface area contributed by atoms with Crippen LogP contribution in [0.1, 0.15) is 110 Å². The van der Waals surface area contributed by atoms with Crippen LogP contribution in [-0.2, 0) is 30.5 Å². The summed E-state index contributed by atoms with van der Waals surface area (Å²) in [5, 5.41) is 19.9. The smallest absolute Gasteiger partial charge is 0.345 e. The number of hydrogen-bond donors (Lipinski definition) is 4. The molecule has 6 N–H and O–H groups in total. The Morgan fingerprint density at radius 2 is 1.28 bits per heavy atom. The van der Waals surface area contributed by atoms with Crippen molar-refractivity contribution in [1.29, 1.82) is 0 Å². The molecule has 0 bridgehead atoms. The lowest BCUT2D eigenvalue weighted by Gasteiger charge is -2.35. The summed E-state index contributed by atoms with van der Waals surface area (Å²) in [5.74, 6) is -3.76. The van der Waals surface area contributed by atoms with Gasteiger partial charge in [-0.25, -0.2) is 9.59 Å². The number of nitrogens with two attached hydrogens (primary N) is 2. The number of allylic oxidation sites excluding steroid dienone is 1.